The Morgan fingerprint density at radius 3 is 2.74 bits per heavy atom. The first-order valence-corrected chi connectivity index (χ1v) is 5.52. The normalized spacial score (nSPS) is 11.6. The van der Waals surface area contributed by atoms with Crippen LogP contribution in [-0.2, 0) is 16.1 Å². The largest absolute Gasteiger partial charge is 0.480 e. The van der Waals surface area contributed by atoms with Gasteiger partial charge in [-0.1, -0.05) is 0 Å². The number of carboxylic acids is 1. The van der Waals surface area contributed by atoms with Crippen molar-refractivity contribution in [3.8, 4) is 0 Å². The molecule has 19 heavy (non-hydrogen) atoms. The number of aromatic nitrogens is 2. The van der Waals surface area contributed by atoms with Gasteiger partial charge in [-0.05, 0) is 6.42 Å². The molecule has 3 amide bonds. The van der Waals surface area contributed by atoms with Crippen LogP contribution in [0.25, 0.3) is 0 Å². The molecule has 0 saturated heterocycles. The minimum atomic E-state index is -1.23. The molecule has 0 fully saturated rings. The first kappa shape index (κ1) is 14.5. The average Bonchev–Trinajstić information content (AvgIpc) is 2.84. The van der Waals surface area contributed by atoms with Crippen molar-refractivity contribution < 1.29 is 19.5 Å². The smallest absolute Gasteiger partial charge is 0.326 e. The fourth-order valence-electron chi connectivity index (χ4n) is 1.31. The van der Waals surface area contributed by atoms with Crippen LogP contribution in [0, 0.1) is 0 Å². The number of H-pyrrole nitrogens is 1. The van der Waals surface area contributed by atoms with Gasteiger partial charge in [-0.2, -0.15) is 0 Å². The van der Waals surface area contributed by atoms with Gasteiger partial charge in [0.05, 0.1) is 6.54 Å². The molecular weight excluding hydrogens is 254 g/mol. The van der Waals surface area contributed by atoms with E-state index >= 15 is 0 Å². The van der Waals surface area contributed by atoms with Crippen molar-refractivity contribution >= 4 is 17.9 Å². The number of carboxylic acid groups (broad SMARTS) is 1. The fourth-order valence-corrected chi connectivity index (χ4v) is 1.31. The number of nitrogens with zero attached hydrogens (tertiary/aromatic N) is 1. The van der Waals surface area contributed by atoms with Crippen molar-refractivity contribution in [1.29, 1.82) is 0 Å². The molecule has 9 nitrogen and oxygen atoms in total. The first-order chi connectivity index (χ1) is 8.99. The summed E-state index contributed by atoms with van der Waals surface area (Å²) < 4.78 is 0. The van der Waals surface area contributed by atoms with Crippen molar-refractivity contribution in [3.05, 3.63) is 18.2 Å². The Morgan fingerprint density at radius 2 is 2.21 bits per heavy atom. The van der Waals surface area contributed by atoms with E-state index < -0.39 is 23.9 Å². The van der Waals surface area contributed by atoms with Crippen molar-refractivity contribution in [3.63, 3.8) is 0 Å². The number of aliphatic carboxylic acids is 1. The molecule has 1 rings (SSSR count). The predicted octanol–water partition coefficient (Wildman–Crippen LogP) is -1.07. The Bertz CT molecular complexity index is 445. The lowest BCUT2D eigenvalue weighted by atomic mass is 10.1. The van der Waals surface area contributed by atoms with E-state index in [-0.39, 0.29) is 19.4 Å². The zero-order valence-electron chi connectivity index (χ0n) is 10.0. The number of imidazole rings is 1. The van der Waals surface area contributed by atoms with Crippen molar-refractivity contribution in [1.82, 2.24) is 20.6 Å². The predicted molar refractivity (Wildman–Crippen MR) is 63.8 cm³/mol. The molecule has 0 aliphatic heterocycles. The zero-order valence-corrected chi connectivity index (χ0v) is 10.0. The van der Waals surface area contributed by atoms with E-state index in [1.165, 1.54) is 6.20 Å². The molecule has 1 aromatic rings. The van der Waals surface area contributed by atoms with Crippen LogP contribution in [0.1, 0.15) is 18.7 Å². The third-order valence-corrected chi connectivity index (χ3v) is 2.25. The lowest BCUT2D eigenvalue weighted by Crippen LogP contribution is -2.46. The van der Waals surface area contributed by atoms with Gasteiger partial charge in [-0.25, -0.2) is 14.6 Å². The second-order valence-corrected chi connectivity index (χ2v) is 3.76. The Labute approximate surface area is 108 Å². The summed E-state index contributed by atoms with van der Waals surface area (Å²) >= 11 is 0. The number of urea groups is 1. The van der Waals surface area contributed by atoms with Crippen LogP contribution in [0.2, 0.25) is 0 Å². The van der Waals surface area contributed by atoms with E-state index in [0.29, 0.717) is 5.82 Å². The molecule has 9 heteroatoms. The number of hydrogen-bond acceptors (Lipinski definition) is 4. The van der Waals surface area contributed by atoms with E-state index in [2.05, 4.69) is 20.6 Å². The summed E-state index contributed by atoms with van der Waals surface area (Å²) in [4.78, 5) is 39.6. The molecule has 0 aliphatic rings. The third-order valence-electron chi connectivity index (χ3n) is 2.25. The van der Waals surface area contributed by atoms with Crippen LogP contribution in [0.5, 0.6) is 0 Å². The van der Waals surface area contributed by atoms with Gasteiger partial charge in [0.15, 0.2) is 0 Å². The number of hydrogen-bond donors (Lipinski definition) is 5. The highest BCUT2D eigenvalue weighted by molar-refractivity contribution is 5.83. The molecule has 0 spiro atoms. The maximum Gasteiger partial charge on any atom is 0.326 e. The Hall–Kier alpha value is -2.58. The topological polar surface area (TPSA) is 150 Å². The van der Waals surface area contributed by atoms with E-state index in [1.54, 1.807) is 6.20 Å². The van der Waals surface area contributed by atoms with Crippen LogP contribution in [-0.4, -0.2) is 39.0 Å². The number of aromatic amines is 1. The number of amides is 3. The zero-order chi connectivity index (χ0) is 14.3. The van der Waals surface area contributed by atoms with Gasteiger partial charge >= 0.3 is 12.0 Å². The van der Waals surface area contributed by atoms with Gasteiger partial charge in [-0.3, -0.25) is 4.79 Å². The molecule has 0 saturated carbocycles. The molecule has 0 aromatic carbocycles. The van der Waals surface area contributed by atoms with E-state index in [4.69, 9.17) is 10.8 Å². The van der Waals surface area contributed by atoms with Crippen LogP contribution < -0.4 is 16.4 Å². The van der Waals surface area contributed by atoms with Gasteiger partial charge in [0, 0.05) is 18.8 Å². The highest BCUT2D eigenvalue weighted by atomic mass is 16.4. The van der Waals surface area contributed by atoms with Crippen LogP contribution in [0.15, 0.2) is 12.4 Å². The van der Waals surface area contributed by atoms with Crippen molar-refractivity contribution in [2.45, 2.75) is 25.4 Å². The molecule has 1 aromatic heterocycles. The average molecular weight is 269 g/mol. The van der Waals surface area contributed by atoms with E-state index in [0.717, 1.165) is 0 Å². The summed E-state index contributed by atoms with van der Waals surface area (Å²) in [6.07, 6.45) is 2.96. The Morgan fingerprint density at radius 1 is 1.47 bits per heavy atom. The highest BCUT2D eigenvalue weighted by Gasteiger charge is 2.20. The van der Waals surface area contributed by atoms with Crippen molar-refractivity contribution in [2.24, 2.45) is 5.73 Å². The van der Waals surface area contributed by atoms with Gasteiger partial charge < -0.3 is 26.5 Å². The summed E-state index contributed by atoms with van der Waals surface area (Å²) in [6, 6.07) is -1.82. The summed E-state index contributed by atoms with van der Waals surface area (Å²) in [5, 5.41) is 13.5. The Balaban J connectivity index is 2.38. The molecule has 6 N–H and O–H groups in total. The van der Waals surface area contributed by atoms with E-state index in [9.17, 15) is 14.4 Å². The quantitative estimate of drug-likeness (QED) is 0.427. The minimum Gasteiger partial charge on any atom is -0.480 e. The van der Waals surface area contributed by atoms with Crippen LogP contribution >= 0.6 is 0 Å². The standard InChI is InChI=1S/C10H15N5O4/c11-7(16)2-1-6(9(17)18)15-10(19)14-5-8-12-3-4-13-8/h3-4,6H,1-2,5H2,(H2,11,16)(H,12,13)(H,17,18)(H2,14,15,19)/t6-/m1/s1. The number of carbonyl (C=O) groups excluding carboxylic acids is 2. The first-order valence-electron chi connectivity index (χ1n) is 5.52. The van der Waals surface area contributed by atoms with Gasteiger partial charge in [0.2, 0.25) is 5.91 Å². The number of primary amides is 1. The summed E-state index contributed by atoms with van der Waals surface area (Å²) in [7, 11) is 0. The molecule has 0 unspecified atom stereocenters. The number of rotatable bonds is 7. The van der Waals surface area contributed by atoms with Gasteiger partial charge in [-0.15, -0.1) is 0 Å². The van der Waals surface area contributed by atoms with Crippen LogP contribution in [0.4, 0.5) is 4.79 Å². The SMILES string of the molecule is NC(=O)CC[C@@H](NC(=O)NCc1ncc[nH]1)C(=O)O. The summed E-state index contributed by atoms with van der Waals surface area (Å²) in [6.45, 7) is 0.140. The maximum absolute atomic E-state index is 11.5. The van der Waals surface area contributed by atoms with Gasteiger partial charge in [0.25, 0.3) is 0 Å². The molecule has 1 heterocycles. The number of nitrogens with one attached hydrogen (secondary N) is 3. The summed E-state index contributed by atoms with van der Waals surface area (Å²) in [5.41, 5.74) is 4.92. The molecule has 0 bridgehead atoms. The number of carbonyl (C=O) groups is 3. The minimum absolute atomic E-state index is 0.0567. The lowest BCUT2D eigenvalue weighted by molar-refractivity contribution is -0.139. The van der Waals surface area contributed by atoms with Crippen molar-refractivity contribution in [2.75, 3.05) is 0 Å². The Kier molecular flexibility index (Phi) is 5.33. The molecule has 104 valence electrons. The monoisotopic (exact) mass is 269 g/mol. The lowest BCUT2D eigenvalue weighted by Gasteiger charge is -2.13. The van der Waals surface area contributed by atoms with Gasteiger partial charge in [0.1, 0.15) is 11.9 Å². The fraction of sp³-hybridized carbons (Fsp3) is 0.400. The second kappa shape index (κ2) is 6.99. The molecular formula is C10H15N5O4. The highest BCUT2D eigenvalue weighted by Crippen LogP contribution is 1.97. The summed E-state index contributed by atoms with van der Waals surface area (Å²) in [5.74, 6) is -1.31. The maximum atomic E-state index is 11.5. The molecule has 0 aliphatic carbocycles. The van der Waals surface area contributed by atoms with Crippen LogP contribution in [0.3, 0.4) is 0 Å². The van der Waals surface area contributed by atoms with E-state index in [1.807, 2.05) is 0 Å². The molecule has 1 atom stereocenters. The molecule has 0 radical (unpaired) electrons. The number of nitrogens with two attached hydrogens (primary N) is 1. The second-order valence-electron chi connectivity index (χ2n) is 3.76. The third kappa shape index (κ3) is 5.52.